The summed E-state index contributed by atoms with van der Waals surface area (Å²) in [6.07, 6.45) is 102. The van der Waals surface area contributed by atoms with Crippen molar-refractivity contribution in [3.63, 3.8) is 0 Å². The van der Waals surface area contributed by atoms with Crippen LogP contribution in [-0.2, 0) is 33.3 Å². The summed E-state index contributed by atoms with van der Waals surface area (Å²) in [6, 6.07) is 0. The molecule has 2 atom stereocenters. The van der Waals surface area contributed by atoms with E-state index >= 15 is 0 Å². The van der Waals surface area contributed by atoms with E-state index in [-0.39, 0.29) is 38.6 Å². The van der Waals surface area contributed by atoms with Gasteiger partial charge in [-0.25, -0.2) is 0 Å². The lowest BCUT2D eigenvalue weighted by Gasteiger charge is -2.26. The lowest BCUT2D eigenvalue weighted by Crippen LogP contribution is -2.44. The fourth-order valence-corrected chi connectivity index (χ4v) is 9.69. The molecule has 0 aliphatic rings. The maximum atomic E-state index is 12.9. The second kappa shape index (κ2) is 70.8. The van der Waals surface area contributed by atoms with Crippen LogP contribution in [0.25, 0.3) is 0 Å². The van der Waals surface area contributed by atoms with Gasteiger partial charge >= 0.3 is 11.9 Å². The van der Waals surface area contributed by atoms with Gasteiger partial charge in [0.1, 0.15) is 13.2 Å². The number of unbranched alkanes of at least 4 members (excludes halogenated alkanes) is 25. The highest BCUT2D eigenvalue weighted by Crippen LogP contribution is 2.16. The van der Waals surface area contributed by atoms with Crippen LogP contribution in [0.2, 0.25) is 0 Å². The molecule has 9 nitrogen and oxygen atoms in total. The molecular formula is C82H135NO8. The molecule has 0 saturated heterocycles. The molecule has 0 bridgehead atoms. The normalized spacial score (nSPS) is 13.6. The molecule has 0 aromatic heterocycles. The van der Waals surface area contributed by atoms with Gasteiger partial charge in [-0.3, -0.25) is 9.59 Å². The summed E-state index contributed by atoms with van der Waals surface area (Å²) in [4.78, 5) is 37.5. The number of carbonyl (C=O) groups excluding carboxylic acids is 3. The standard InChI is InChI=1S/C82H135NO8/c1-6-8-10-12-14-16-18-20-22-24-26-28-30-32-33-34-35-36-37-38-39-40-41-42-43-44-45-46-47-49-51-53-55-57-59-61-63-65-67-69-71-73-80(85)91-78(77-90-82(81(86)87)88-75-74-83(3,4)5)76-89-79(84)72-70-68-66-64-62-60-58-56-54-52-50-48-31-29-27-25-23-21-19-17-15-13-11-9-7-2/h8,10,14,16,20,22,25-28,32-33,35-36,38-39,41-42,44-45,47,49,53,55,59,61,78,82H,6-7,9,11-13,15,17-19,21,23-24,29-31,34,37,40,43,46,48,50-52,54,56-58,60,62-77H2,1-5H3/b10-8-,16-14-,22-20-,27-25-,28-26-,33-32-,36-35-,39-38-,42-41-,45-44-,49-47-,55-53-,61-59-. The summed E-state index contributed by atoms with van der Waals surface area (Å²) >= 11 is 0. The minimum Gasteiger partial charge on any atom is -0.545 e. The number of carboxylic acids is 1. The lowest BCUT2D eigenvalue weighted by molar-refractivity contribution is -0.870. The van der Waals surface area contributed by atoms with Gasteiger partial charge in [-0.2, -0.15) is 0 Å². The summed E-state index contributed by atoms with van der Waals surface area (Å²) in [7, 11) is 5.91. The topological polar surface area (TPSA) is 111 Å². The minimum absolute atomic E-state index is 0.135. The van der Waals surface area contributed by atoms with Gasteiger partial charge in [0, 0.05) is 12.8 Å². The van der Waals surface area contributed by atoms with Crippen molar-refractivity contribution in [3.8, 4) is 0 Å². The predicted octanol–water partition coefficient (Wildman–Crippen LogP) is 21.9. The fourth-order valence-electron chi connectivity index (χ4n) is 9.69. The molecule has 91 heavy (non-hydrogen) atoms. The van der Waals surface area contributed by atoms with Gasteiger partial charge in [-0.15, -0.1) is 0 Å². The molecule has 0 heterocycles. The number of carboxylic acid groups (broad SMARTS) is 1. The van der Waals surface area contributed by atoms with E-state index in [2.05, 4.69) is 172 Å². The third kappa shape index (κ3) is 72.2. The first-order valence-electron chi connectivity index (χ1n) is 36.6. The van der Waals surface area contributed by atoms with Crippen molar-refractivity contribution in [2.75, 3.05) is 47.5 Å². The van der Waals surface area contributed by atoms with E-state index in [1.807, 2.05) is 21.1 Å². The van der Waals surface area contributed by atoms with E-state index in [1.165, 1.54) is 128 Å². The SMILES string of the molecule is CC/C=C\C/C=C\C/C=C\C/C=C\C/C=C\C/C=C\C/C=C\C/C=C\C/C=C\C/C=C\C/C=C\C/C=C\CCCCCCC(=O)OC(COC(=O)CCCCCCCCCCCCCCC/C=C\CCCCCCCCCC)COC(OCC[N+](C)(C)C)C(=O)[O-]. The van der Waals surface area contributed by atoms with Crippen LogP contribution in [0.5, 0.6) is 0 Å². The number of nitrogens with zero attached hydrogens (tertiary/aromatic N) is 1. The Labute approximate surface area is 559 Å². The maximum Gasteiger partial charge on any atom is 0.306 e. The van der Waals surface area contributed by atoms with Gasteiger partial charge in [0.2, 0.25) is 0 Å². The largest absolute Gasteiger partial charge is 0.545 e. The van der Waals surface area contributed by atoms with E-state index in [0.29, 0.717) is 17.4 Å². The summed E-state index contributed by atoms with van der Waals surface area (Å²) in [5.74, 6) is -2.32. The molecule has 0 aromatic rings. The van der Waals surface area contributed by atoms with E-state index in [0.717, 1.165) is 122 Å². The molecule has 0 aromatic carbocycles. The number of esters is 2. The van der Waals surface area contributed by atoms with Crippen LogP contribution in [0.3, 0.4) is 0 Å². The molecular weight excluding hydrogens is 1130 g/mol. The number of allylic oxidation sites excluding steroid dienone is 26. The third-order valence-corrected chi connectivity index (χ3v) is 15.3. The molecule has 516 valence electrons. The van der Waals surface area contributed by atoms with Crippen LogP contribution in [0.1, 0.15) is 284 Å². The van der Waals surface area contributed by atoms with Crippen LogP contribution in [0.15, 0.2) is 158 Å². The molecule has 0 N–H and O–H groups in total. The van der Waals surface area contributed by atoms with Crippen molar-refractivity contribution < 1.29 is 42.9 Å². The number of likely N-dealkylation sites (N-methyl/N-ethyl adjacent to an activating group) is 1. The van der Waals surface area contributed by atoms with Crippen LogP contribution in [0.4, 0.5) is 0 Å². The Bertz CT molecular complexity index is 2060. The van der Waals surface area contributed by atoms with Gasteiger partial charge in [0.15, 0.2) is 12.4 Å². The van der Waals surface area contributed by atoms with E-state index in [4.69, 9.17) is 18.9 Å². The molecule has 0 amide bonds. The minimum atomic E-state index is -1.64. The highest BCUT2D eigenvalue weighted by Gasteiger charge is 2.22. The smallest absolute Gasteiger partial charge is 0.306 e. The van der Waals surface area contributed by atoms with Crippen LogP contribution < -0.4 is 5.11 Å². The summed E-state index contributed by atoms with van der Waals surface area (Å²) < 4.78 is 22.8. The lowest BCUT2D eigenvalue weighted by atomic mass is 10.0. The average Bonchev–Trinajstić information content (AvgIpc) is 3.53. The quantitative estimate of drug-likeness (QED) is 0.0195. The molecule has 9 heteroatoms. The first-order valence-corrected chi connectivity index (χ1v) is 36.6. The Morgan fingerprint density at radius 3 is 0.945 bits per heavy atom. The van der Waals surface area contributed by atoms with E-state index in [1.54, 1.807) is 0 Å². The number of hydrogen-bond donors (Lipinski definition) is 0. The van der Waals surface area contributed by atoms with Crippen LogP contribution >= 0.6 is 0 Å². The Hall–Kier alpha value is -5.09. The Morgan fingerprint density at radius 1 is 0.341 bits per heavy atom. The molecule has 0 fully saturated rings. The van der Waals surface area contributed by atoms with Crippen molar-refractivity contribution in [1.82, 2.24) is 0 Å². The zero-order valence-corrected chi connectivity index (χ0v) is 58.9. The van der Waals surface area contributed by atoms with Crippen molar-refractivity contribution >= 4 is 17.9 Å². The van der Waals surface area contributed by atoms with E-state index in [9.17, 15) is 19.5 Å². The van der Waals surface area contributed by atoms with Gasteiger partial charge < -0.3 is 33.3 Å². The van der Waals surface area contributed by atoms with Gasteiger partial charge in [0.25, 0.3) is 0 Å². The van der Waals surface area contributed by atoms with Crippen molar-refractivity contribution in [1.29, 1.82) is 0 Å². The Morgan fingerprint density at radius 2 is 0.626 bits per heavy atom. The van der Waals surface area contributed by atoms with E-state index < -0.39 is 24.3 Å². The van der Waals surface area contributed by atoms with Gasteiger partial charge in [-0.05, 0) is 128 Å². The van der Waals surface area contributed by atoms with Crippen LogP contribution in [0, 0.1) is 0 Å². The number of hydrogen-bond acceptors (Lipinski definition) is 8. The van der Waals surface area contributed by atoms with Crippen molar-refractivity contribution in [3.05, 3.63) is 158 Å². The zero-order valence-electron chi connectivity index (χ0n) is 58.9. The number of rotatable bonds is 66. The van der Waals surface area contributed by atoms with Crippen molar-refractivity contribution in [2.24, 2.45) is 0 Å². The number of carbonyl (C=O) groups is 3. The number of aliphatic carboxylic acids is 1. The molecule has 0 saturated carbocycles. The number of ether oxygens (including phenoxy) is 4. The first kappa shape index (κ1) is 85.9. The highest BCUT2D eigenvalue weighted by atomic mass is 16.7. The molecule has 0 radical (unpaired) electrons. The monoisotopic (exact) mass is 1260 g/mol. The second-order valence-electron chi connectivity index (χ2n) is 25.1. The molecule has 0 rings (SSSR count). The molecule has 0 spiro atoms. The molecule has 0 aliphatic heterocycles. The zero-order chi connectivity index (χ0) is 66.1. The predicted molar refractivity (Wildman–Crippen MR) is 389 cm³/mol. The molecule has 2 unspecified atom stereocenters. The number of quaternary nitrogens is 1. The van der Waals surface area contributed by atoms with Gasteiger partial charge in [0.05, 0.1) is 40.3 Å². The average molecular weight is 1260 g/mol. The Kier molecular flexibility index (Phi) is 66.8. The highest BCUT2D eigenvalue weighted by molar-refractivity contribution is 5.70. The first-order chi connectivity index (χ1) is 44.6. The van der Waals surface area contributed by atoms with Crippen LogP contribution in [-0.4, -0.2) is 82.3 Å². The maximum absolute atomic E-state index is 12.9. The van der Waals surface area contributed by atoms with Gasteiger partial charge in [-0.1, -0.05) is 300 Å². The van der Waals surface area contributed by atoms with Crippen molar-refractivity contribution in [2.45, 2.75) is 296 Å². The Balaban J connectivity index is 4.22. The third-order valence-electron chi connectivity index (χ3n) is 15.3. The summed E-state index contributed by atoms with van der Waals surface area (Å²) in [5.41, 5.74) is 0. The molecule has 0 aliphatic carbocycles. The second-order valence-corrected chi connectivity index (χ2v) is 25.1. The fraction of sp³-hybridized carbons (Fsp3) is 0.646. The summed E-state index contributed by atoms with van der Waals surface area (Å²) in [5, 5.41) is 11.8. The summed E-state index contributed by atoms with van der Waals surface area (Å²) in [6.45, 7) is 4.61.